The fourth-order valence-corrected chi connectivity index (χ4v) is 1.83. The Kier molecular flexibility index (Phi) is 3.20. The molecular formula is C13H18N4O2. The molecule has 0 radical (unpaired) electrons. The normalized spacial score (nSPS) is 11.8. The molecule has 0 aliphatic carbocycles. The average molecular weight is 262 g/mol. The molecule has 0 saturated heterocycles. The van der Waals surface area contributed by atoms with Crippen LogP contribution in [0.3, 0.4) is 0 Å². The van der Waals surface area contributed by atoms with Crippen LogP contribution in [0, 0.1) is 0 Å². The SMILES string of the molecule is Cn1ccc2cc(N)nc(NC(C)(C)CO)c2c1=O. The quantitative estimate of drug-likeness (QED) is 0.757. The Morgan fingerprint density at radius 3 is 2.84 bits per heavy atom. The van der Waals surface area contributed by atoms with E-state index in [4.69, 9.17) is 5.73 Å². The first-order chi connectivity index (χ1) is 8.84. The Labute approximate surface area is 110 Å². The molecule has 0 fully saturated rings. The van der Waals surface area contributed by atoms with Gasteiger partial charge >= 0.3 is 0 Å². The highest BCUT2D eigenvalue weighted by atomic mass is 16.3. The molecule has 0 unspecified atom stereocenters. The van der Waals surface area contributed by atoms with Crippen molar-refractivity contribution in [3.8, 4) is 0 Å². The lowest BCUT2D eigenvalue weighted by atomic mass is 10.1. The van der Waals surface area contributed by atoms with Crippen molar-refractivity contribution in [2.24, 2.45) is 7.05 Å². The molecule has 6 heteroatoms. The van der Waals surface area contributed by atoms with E-state index in [1.54, 1.807) is 19.3 Å². The predicted molar refractivity (Wildman–Crippen MR) is 76.2 cm³/mol. The summed E-state index contributed by atoms with van der Waals surface area (Å²) in [4.78, 5) is 16.4. The number of aromatic nitrogens is 2. The molecule has 2 rings (SSSR count). The molecule has 6 nitrogen and oxygen atoms in total. The van der Waals surface area contributed by atoms with Crippen LogP contribution in [0.5, 0.6) is 0 Å². The Morgan fingerprint density at radius 2 is 2.21 bits per heavy atom. The van der Waals surface area contributed by atoms with Crippen molar-refractivity contribution in [3.63, 3.8) is 0 Å². The number of fused-ring (bicyclic) bond motifs is 1. The van der Waals surface area contributed by atoms with Crippen LogP contribution in [0.15, 0.2) is 23.1 Å². The Bertz CT molecular complexity index is 676. The summed E-state index contributed by atoms with van der Waals surface area (Å²) in [6, 6.07) is 3.47. The van der Waals surface area contributed by atoms with Gasteiger partial charge in [-0.15, -0.1) is 0 Å². The van der Waals surface area contributed by atoms with Gasteiger partial charge in [-0.1, -0.05) is 0 Å². The Balaban J connectivity index is 2.72. The summed E-state index contributed by atoms with van der Waals surface area (Å²) in [6.07, 6.45) is 1.69. The molecule has 2 aromatic heterocycles. The minimum Gasteiger partial charge on any atom is -0.394 e. The van der Waals surface area contributed by atoms with E-state index in [1.807, 2.05) is 19.9 Å². The maximum atomic E-state index is 12.2. The smallest absolute Gasteiger partial charge is 0.261 e. The predicted octanol–water partition coefficient (Wildman–Crippen LogP) is 0.699. The number of nitrogen functional groups attached to an aromatic ring is 1. The summed E-state index contributed by atoms with van der Waals surface area (Å²) in [5.74, 6) is 0.729. The van der Waals surface area contributed by atoms with Crippen molar-refractivity contribution in [1.29, 1.82) is 0 Å². The molecule has 4 N–H and O–H groups in total. The van der Waals surface area contributed by atoms with Crippen molar-refractivity contribution >= 4 is 22.4 Å². The number of nitrogens with one attached hydrogen (secondary N) is 1. The minimum atomic E-state index is -0.589. The molecule has 0 bridgehead atoms. The lowest BCUT2D eigenvalue weighted by Gasteiger charge is -2.25. The van der Waals surface area contributed by atoms with Gasteiger partial charge in [0.25, 0.3) is 5.56 Å². The second kappa shape index (κ2) is 4.55. The highest BCUT2D eigenvalue weighted by Gasteiger charge is 2.19. The number of aryl methyl sites for hydroxylation is 1. The van der Waals surface area contributed by atoms with Crippen LogP contribution in [0.1, 0.15) is 13.8 Å². The summed E-state index contributed by atoms with van der Waals surface area (Å²) in [5.41, 5.74) is 5.01. The Morgan fingerprint density at radius 1 is 1.53 bits per heavy atom. The zero-order valence-corrected chi connectivity index (χ0v) is 11.3. The molecule has 0 aliphatic rings. The second-order valence-corrected chi connectivity index (χ2v) is 5.26. The molecule has 102 valence electrons. The molecule has 0 amide bonds. The van der Waals surface area contributed by atoms with Crippen LogP contribution < -0.4 is 16.6 Å². The third-order valence-electron chi connectivity index (χ3n) is 2.93. The van der Waals surface area contributed by atoms with E-state index in [9.17, 15) is 9.90 Å². The molecule has 0 aliphatic heterocycles. The lowest BCUT2D eigenvalue weighted by molar-refractivity contribution is 0.234. The van der Waals surface area contributed by atoms with Crippen LogP contribution in [0.2, 0.25) is 0 Å². The van der Waals surface area contributed by atoms with Crippen molar-refractivity contribution in [2.45, 2.75) is 19.4 Å². The fourth-order valence-electron chi connectivity index (χ4n) is 1.83. The molecule has 2 heterocycles. The van der Waals surface area contributed by atoms with E-state index in [0.717, 1.165) is 5.39 Å². The van der Waals surface area contributed by atoms with E-state index >= 15 is 0 Å². The molecule has 0 spiro atoms. The summed E-state index contributed by atoms with van der Waals surface area (Å²) >= 11 is 0. The van der Waals surface area contributed by atoms with Gasteiger partial charge in [-0.2, -0.15) is 0 Å². The van der Waals surface area contributed by atoms with Crippen molar-refractivity contribution in [2.75, 3.05) is 17.7 Å². The fraction of sp³-hybridized carbons (Fsp3) is 0.385. The first-order valence-corrected chi connectivity index (χ1v) is 5.99. The topological polar surface area (TPSA) is 93.2 Å². The van der Waals surface area contributed by atoms with Gasteiger partial charge in [-0.3, -0.25) is 4.79 Å². The number of hydrogen-bond acceptors (Lipinski definition) is 5. The molecular weight excluding hydrogens is 244 g/mol. The molecule has 0 saturated carbocycles. The summed E-state index contributed by atoms with van der Waals surface area (Å²) in [6.45, 7) is 3.55. The zero-order chi connectivity index (χ0) is 14.2. The number of nitrogens with zero attached hydrogens (tertiary/aromatic N) is 2. The summed E-state index contributed by atoms with van der Waals surface area (Å²) < 4.78 is 1.48. The minimum absolute atomic E-state index is 0.0852. The van der Waals surface area contributed by atoms with E-state index in [1.165, 1.54) is 4.57 Å². The summed E-state index contributed by atoms with van der Waals surface area (Å²) in [5, 5.41) is 13.6. The molecule has 2 aromatic rings. The maximum absolute atomic E-state index is 12.2. The first kappa shape index (κ1) is 13.4. The van der Waals surface area contributed by atoms with E-state index in [0.29, 0.717) is 17.0 Å². The summed E-state index contributed by atoms with van der Waals surface area (Å²) in [7, 11) is 1.68. The monoisotopic (exact) mass is 262 g/mol. The second-order valence-electron chi connectivity index (χ2n) is 5.26. The molecule has 0 atom stereocenters. The van der Waals surface area contributed by atoms with Crippen LogP contribution >= 0.6 is 0 Å². The van der Waals surface area contributed by atoms with Crippen LogP contribution in [-0.4, -0.2) is 26.8 Å². The van der Waals surface area contributed by atoms with E-state index in [2.05, 4.69) is 10.3 Å². The van der Waals surface area contributed by atoms with Gasteiger partial charge in [0, 0.05) is 13.2 Å². The number of rotatable bonds is 3. The van der Waals surface area contributed by atoms with E-state index < -0.39 is 5.54 Å². The lowest BCUT2D eigenvalue weighted by Crippen LogP contribution is -2.36. The Hall–Kier alpha value is -2.08. The van der Waals surface area contributed by atoms with Crippen molar-refractivity contribution in [3.05, 3.63) is 28.7 Å². The van der Waals surface area contributed by atoms with Gasteiger partial charge in [0.2, 0.25) is 0 Å². The van der Waals surface area contributed by atoms with Crippen molar-refractivity contribution in [1.82, 2.24) is 9.55 Å². The number of aliphatic hydroxyl groups excluding tert-OH is 1. The number of nitrogens with two attached hydrogens (primary N) is 1. The average Bonchev–Trinajstić information content (AvgIpc) is 2.33. The standard InChI is InChI=1S/C13H18N4O2/c1-13(2,7-18)16-11-10-8(6-9(14)15-11)4-5-17(3)12(10)19/h4-6,18H,7H2,1-3H3,(H3,14,15,16). The van der Waals surface area contributed by atoms with Crippen molar-refractivity contribution < 1.29 is 5.11 Å². The van der Waals surface area contributed by atoms with Crippen LogP contribution in [0.4, 0.5) is 11.6 Å². The highest BCUT2D eigenvalue weighted by molar-refractivity contribution is 5.93. The van der Waals surface area contributed by atoms with Gasteiger partial charge < -0.3 is 20.7 Å². The third kappa shape index (κ3) is 2.53. The number of aliphatic hydroxyl groups is 1. The van der Waals surface area contributed by atoms with Crippen LogP contribution in [-0.2, 0) is 7.05 Å². The van der Waals surface area contributed by atoms with Gasteiger partial charge in [0.15, 0.2) is 0 Å². The van der Waals surface area contributed by atoms with Gasteiger partial charge in [-0.05, 0) is 31.4 Å². The number of hydrogen-bond donors (Lipinski definition) is 3. The van der Waals surface area contributed by atoms with Gasteiger partial charge in [0.05, 0.1) is 17.5 Å². The third-order valence-corrected chi connectivity index (χ3v) is 2.93. The first-order valence-electron chi connectivity index (χ1n) is 5.99. The van der Waals surface area contributed by atoms with E-state index in [-0.39, 0.29) is 12.2 Å². The largest absolute Gasteiger partial charge is 0.394 e. The number of anilines is 2. The molecule has 19 heavy (non-hydrogen) atoms. The number of pyridine rings is 2. The van der Waals surface area contributed by atoms with Gasteiger partial charge in [-0.25, -0.2) is 4.98 Å². The van der Waals surface area contributed by atoms with Crippen LogP contribution in [0.25, 0.3) is 10.8 Å². The zero-order valence-electron chi connectivity index (χ0n) is 11.3. The maximum Gasteiger partial charge on any atom is 0.261 e. The van der Waals surface area contributed by atoms with Gasteiger partial charge in [0.1, 0.15) is 11.6 Å². The highest BCUT2D eigenvalue weighted by Crippen LogP contribution is 2.23. The molecule has 0 aromatic carbocycles.